The summed E-state index contributed by atoms with van der Waals surface area (Å²) in [6.07, 6.45) is 7.19. The van der Waals surface area contributed by atoms with Crippen molar-refractivity contribution in [2.45, 2.75) is 66.7 Å². The van der Waals surface area contributed by atoms with Gasteiger partial charge in [-0.1, -0.05) is 41.0 Å². The predicted octanol–water partition coefficient (Wildman–Crippen LogP) is 4.89. The molecule has 0 saturated heterocycles. The Morgan fingerprint density at radius 1 is 1.21 bits per heavy atom. The van der Waals surface area contributed by atoms with Crippen LogP contribution in [0.15, 0.2) is 0 Å². The molecule has 0 spiro atoms. The van der Waals surface area contributed by atoms with Crippen LogP contribution in [0.4, 0.5) is 0 Å². The summed E-state index contributed by atoms with van der Waals surface area (Å²) in [5, 5.41) is 0. The molecule has 0 heterocycles. The molecule has 1 fully saturated rings. The minimum absolute atomic E-state index is 0.709. The molecule has 0 N–H and O–H groups in total. The highest BCUT2D eigenvalue weighted by Crippen LogP contribution is 2.49. The molecular weight excluding hydrogens is 168 g/mol. The quantitative estimate of drug-likeness (QED) is 0.587. The Balaban J connectivity index is 2.20. The van der Waals surface area contributed by atoms with Gasteiger partial charge in [-0.2, -0.15) is 0 Å². The minimum Gasteiger partial charge on any atom is -0.0651 e. The maximum atomic E-state index is 2.48. The number of hydrogen-bond acceptors (Lipinski definition) is 0. The van der Waals surface area contributed by atoms with Crippen LogP contribution in [0, 0.1) is 23.2 Å². The van der Waals surface area contributed by atoms with Crippen molar-refractivity contribution in [3.63, 3.8) is 0 Å². The summed E-state index contributed by atoms with van der Waals surface area (Å²) in [6.45, 7) is 12.0. The van der Waals surface area contributed by atoms with E-state index in [0.29, 0.717) is 5.41 Å². The largest absolute Gasteiger partial charge is 0.0651 e. The highest BCUT2D eigenvalue weighted by atomic mass is 14.4. The molecule has 0 aromatic rings. The third kappa shape index (κ3) is 3.00. The van der Waals surface area contributed by atoms with E-state index in [9.17, 15) is 0 Å². The zero-order valence-electron chi connectivity index (χ0n) is 10.8. The van der Waals surface area contributed by atoms with E-state index in [-0.39, 0.29) is 0 Å². The van der Waals surface area contributed by atoms with Crippen LogP contribution in [-0.2, 0) is 0 Å². The van der Waals surface area contributed by atoms with Gasteiger partial charge in [0.1, 0.15) is 0 Å². The molecule has 2 atom stereocenters. The normalized spacial score (nSPS) is 36.2. The second-order valence-corrected chi connectivity index (χ2v) is 6.23. The molecule has 1 aliphatic carbocycles. The molecule has 2 unspecified atom stereocenters. The van der Waals surface area contributed by atoms with Crippen molar-refractivity contribution >= 4 is 0 Å². The average molecular weight is 196 g/mol. The van der Waals surface area contributed by atoms with Gasteiger partial charge in [0.25, 0.3) is 0 Å². The molecule has 14 heavy (non-hydrogen) atoms. The third-order valence-corrected chi connectivity index (χ3v) is 4.50. The lowest BCUT2D eigenvalue weighted by Gasteiger charge is -2.44. The Hall–Kier alpha value is 0. The molecule has 0 radical (unpaired) electrons. The van der Waals surface area contributed by atoms with Gasteiger partial charge in [0.05, 0.1) is 0 Å². The van der Waals surface area contributed by atoms with Crippen molar-refractivity contribution in [1.29, 1.82) is 0 Å². The third-order valence-electron chi connectivity index (χ3n) is 4.50. The van der Waals surface area contributed by atoms with Gasteiger partial charge < -0.3 is 0 Å². The van der Waals surface area contributed by atoms with E-state index in [1.165, 1.54) is 32.1 Å². The highest BCUT2D eigenvalue weighted by Gasteiger charge is 2.37. The van der Waals surface area contributed by atoms with Gasteiger partial charge >= 0.3 is 0 Å². The van der Waals surface area contributed by atoms with Crippen molar-refractivity contribution in [3.8, 4) is 0 Å². The first-order valence-corrected chi connectivity index (χ1v) is 6.47. The molecule has 1 saturated carbocycles. The highest BCUT2D eigenvalue weighted by molar-refractivity contribution is 4.88. The van der Waals surface area contributed by atoms with E-state index in [2.05, 4.69) is 34.6 Å². The van der Waals surface area contributed by atoms with E-state index in [0.717, 1.165) is 17.8 Å². The van der Waals surface area contributed by atoms with E-state index in [4.69, 9.17) is 0 Å². The maximum absolute atomic E-state index is 2.48. The Morgan fingerprint density at radius 3 is 2.21 bits per heavy atom. The zero-order valence-corrected chi connectivity index (χ0v) is 10.8. The summed E-state index contributed by atoms with van der Waals surface area (Å²) >= 11 is 0. The van der Waals surface area contributed by atoms with Gasteiger partial charge in [-0.15, -0.1) is 0 Å². The van der Waals surface area contributed by atoms with E-state index in [1.807, 2.05) is 0 Å². The molecule has 1 rings (SSSR count). The van der Waals surface area contributed by atoms with Gasteiger partial charge in [-0.3, -0.25) is 0 Å². The van der Waals surface area contributed by atoms with Crippen LogP contribution in [0.2, 0.25) is 0 Å². The molecule has 0 heteroatoms. The van der Waals surface area contributed by atoms with Crippen molar-refractivity contribution in [2.75, 3.05) is 0 Å². The van der Waals surface area contributed by atoms with Gasteiger partial charge in [-0.05, 0) is 48.9 Å². The lowest BCUT2D eigenvalue weighted by molar-refractivity contribution is 0.0667. The molecular formula is C14H28. The Kier molecular flexibility index (Phi) is 4.04. The average Bonchev–Trinajstić information content (AvgIpc) is 2.10. The second kappa shape index (κ2) is 4.68. The second-order valence-electron chi connectivity index (χ2n) is 6.23. The minimum atomic E-state index is 0.709. The summed E-state index contributed by atoms with van der Waals surface area (Å²) in [6, 6.07) is 0. The predicted molar refractivity (Wildman–Crippen MR) is 64.4 cm³/mol. The molecule has 0 bridgehead atoms. The zero-order chi connectivity index (χ0) is 10.8. The van der Waals surface area contributed by atoms with Gasteiger partial charge in [0.2, 0.25) is 0 Å². The first kappa shape index (κ1) is 12.1. The maximum Gasteiger partial charge on any atom is -0.0321 e. The molecule has 1 aliphatic rings. The monoisotopic (exact) mass is 196 g/mol. The fourth-order valence-electron chi connectivity index (χ4n) is 3.09. The summed E-state index contributed by atoms with van der Waals surface area (Å²) in [4.78, 5) is 0. The van der Waals surface area contributed by atoms with Crippen LogP contribution in [0.5, 0.6) is 0 Å². The fourth-order valence-corrected chi connectivity index (χ4v) is 3.09. The number of rotatable bonds is 5. The van der Waals surface area contributed by atoms with Crippen LogP contribution >= 0.6 is 0 Å². The Bertz CT molecular complexity index is 165. The first-order chi connectivity index (χ1) is 6.47. The van der Waals surface area contributed by atoms with Crippen LogP contribution in [0.3, 0.4) is 0 Å². The Morgan fingerprint density at radius 2 is 1.79 bits per heavy atom. The summed E-state index contributed by atoms with van der Waals surface area (Å²) < 4.78 is 0. The molecule has 0 amide bonds. The lowest BCUT2D eigenvalue weighted by Crippen LogP contribution is -2.33. The summed E-state index contributed by atoms with van der Waals surface area (Å²) in [5.41, 5.74) is 0.709. The van der Waals surface area contributed by atoms with Crippen molar-refractivity contribution in [1.82, 2.24) is 0 Å². The first-order valence-electron chi connectivity index (χ1n) is 6.47. The number of hydrogen-bond donors (Lipinski definition) is 0. The lowest BCUT2D eigenvalue weighted by atomic mass is 9.61. The molecule has 0 aromatic heterocycles. The molecule has 0 nitrogen and oxygen atoms in total. The van der Waals surface area contributed by atoms with Crippen LogP contribution in [-0.4, -0.2) is 0 Å². The standard InChI is InChI=1S/C14H28/c1-6-12(3)13(4)7-8-14(5)9-11(2)10-14/h11-13H,6-10H2,1-5H3. The summed E-state index contributed by atoms with van der Waals surface area (Å²) in [5.74, 6) is 2.84. The van der Waals surface area contributed by atoms with Crippen LogP contribution in [0.25, 0.3) is 0 Å². The summed E-state index contributed by atoms with van der Waals surface area (Å²) in [7, 11) is 0. The fraction of sp³-hybridized carbons (Fsp3) is 1.00. The van der Waals surface area contributed by atoms with Gasteiger partial charge in [0, 0.05) is 0 Å². The van der Waals surface area contributed by atoms with Crippen molar-refractivity contribution < 1.29 is 0 Å². The van der Waals surface area contributed by atoms with Crippen molar-refractivity contribution in [2.24, 2.45) is 23.2 Å². The molecule has 0 aromatic carbocycles. The van der Waals surface area contributed by atoms with Crippen LogP contribution < -0.4 is 0 Å². The topological polar surface area (TPSA) is 0 Å². The molecule has 0 aliphatic heterocycles. The van der Waals surface area contributed by atoms with Crippen molar-refractivity contribution in [3.05, 3.63) is 0 Å². The Labute approximate surface area is 90.5 Å². The van der Waals surface area contributed by atoms with E-state index in [1.54, 1.807) is 0 Å². The van der Waals surface area contributed by atoms with E-state index >= 15 is 0 Å². The van der Waals surface area contributed by atoms with Gasteiger partial charge in [-0.25, -0.2) is 0 Å². The van der Waals surface area contributed by atoms with Gasteiger partial charge in [0.15, 0.2) is 0 Å². The van der Waals surface area contributed by atoms with E-state index < -0.39 is 0 Å². The smallest absolute Gasteiger partial charge is 0.0321 e. The SMILES string of the molecule is CCC(C)C(C)CCC1(C)CC(C)C1. The molecule has 84 valence electrons. The van der Waals surface area contributed by atoms with Crippen LogP contribution in [0.1, 0.15) is 66.7 Å².